The monoisotopic (exact) mass is 867 g/mol. The number of para-hydroxylation sites is 1. The molecule has 0 fully saturated rings. The maximum atomic E-state index is 6.73. The number of aryl methyl sites for hydroxylation is 3. The number of nitrogens with zero attached hydrogens (tertiary/aromatic N) is 4. The first kappa shape index (κ1) is 37.3. The molecular formula is C46H48N4OPt. The van der Waals surface area contributed by atoms with E-state index in [0.29, 0.717) is 17.4 Å². The minimum atomic E-state index is -0.129. The first-order chi connectivity index (χ1) is 24.4. The molecule has 4 aromatic carbocycles. The van der Waals surface area contributed by atoms with Gasteiger partial charge in [0.25, 0.3) is 0 Å². The van der Waals surface area contributed by atoms with Crippen molar-refractivity contribution < 1.29 is 25.8 Å². The summed E-state index contributed by atoms with van der Waals surface area (Å²) in [5.41, 5.74) is 12.5. The molecule has 0 amide bonds. The molecule has 7 rings (SSSR count). The summed E-state index contributed by atoms with van der Waals surface area (Å²) in [7, 11) is 0. The Labute approximate surface area is 323 Å². The van der Waals surface area contributed by atoms with Gasteiger partial charge in [-0.3, -0.25) is 4.68 Å². The van der Waals surface area contributed by atoms with Gasteiger partial charge in [-0.2, -0.15) is 11.2 Å². The van der Waals surface area contributed by atoms with Crippen molar-refractivity contribution in [2.45, 2.75) is 92.9 Å². The maximum Gasteiger partial charge on any atom is 2.00 e. The number of hydrogen-bond donors (Lipinski definition) is 0. The summed E-state index contributed by atoms with van der Waals surface area (Å²) in [6, 6.07) is 35.0. The minimum Gasteiger partial charge on any atom is -0.509 e. The number of ether oxygens (including phenoxy) is 1. The van der Waals surface area contributed by atoms with Gasteiger partial charge in [0.15, 0.2) is 0 Å². The Morgan fingerprint density at radius 3 is 2.27 bits per heavy atom. The van der Waals surface area contributed by atoms with Crippen LogP contribution < -0.4 is 4.74 Å². The molecule has 5 nitrogen and oxygen atoms in total. The zero-order valence-corrected chi connectivity index (χ0v) is 34.1. The summed E-state index contributed by atoms with van der Waals surface area (Å²) in [6.45, 7) is 19.9. The molecule has 268 valence electrons. The van der Waals surface area contributed by atoms with Gasteiger partial charge in [0.1, 0.15) is 5.82 Å². The maximum absolute atomic E-state index is 6.73. The molecule has 0 spiro atoms. The van der Waals surface area contributed by atoms with Gasteiger partial charge < -0.3 is 9.30 Å². The van der Waals surface area contributed by atoms with Crippen molar-refractivity contribution in [1.29, 1.82) is 0 Å². The van der Waals surface area contributed by atoms with Crippen LogP contribution in [0, 0.1) is 32.9 Å². The van der Waals surface area contributed by atoms with Crippen molar-refractivity contribution in [2.75, 3.05) is 0 Å². The molecule has 0 N–H and O–H groups in total. The van der Waals surface area contributed by atoms with Crippen molar-refractivity contribution >= 4 is 21.8 Å². The number of unbranched alkanes of at least 4 members (excludes halogenated alkanes) is 1. The average molecular weight is 868 g/mol. The van der Waals surface area contributed by atoms with E-state index in [4.69, 9.17) is 14.8 Å². The second-order valence-electron chi connectivity index (χ2n) is 15.2. The van der Waals surface area contributed by atoms with Crippen LogP contribution in [0.25, 0.3) is 44.4 Å². The Hall–Kier alpha value is -4.47. The first-order valence-corrected chi connectivity index (χ1v) is 18.3. The van der Waals surface area contributed by atoms with Crippen LogP contribution in [-0.2, 0) is 32.9 Å². The van der Waals surface area contributed by atoms with Gasteiger partial charge >= 0.3 is 21.1 Å². The van der Waals surface area contributed by atoms with E-state index in [0.717, 1.165) is 63.8 Å². The standard InChI is InChI=1S/C46H48N4O.Pt/c1-10-11-18-41-45(44-30(4)15-14-16-31(44)5)32(6)48-50(41)35-25-34(46(7,8)9)26-37(27-35)51-36-20-21-39-38-17-12-13-19-40(38)49(42(39)28-36)43-24-33(29(2)3)22-23-47-43;/h12-17,19-26,29H,10-11,18H2,1-9H3;/q-2;+2. The van der Waals surface area contributed by atoms with Crippen LogP contribution in [0.5, 0.6) is 11.5 Å². The molecule has 0 aliphatic rings. The SMILES string of the molecule is CCCCc1c(-c2c(C)cccc2C)c(C)nn1-c1[c-]c(Oc2[c-]c3c(cc2)c2ccccc2n3-c2cc(C(C)C)ccn2)cc(C(C)(C)C)c1.[Pt+2]. The fourth-order valence-corrected chi connectivity index (χ4v) is 7.22. The third-order valence-corrected chi connectivity index (χ3v) is 10.0. The molecule has 6 heteroatoms. The predicted octanol–water partition coefficient (Wildman–Crippen LogP) is 12.1. The smallest absolute Gasteiger partial charge is 0.509 e. The molecular weight excluding hydrogens is 820 g/mol. The largest absolute Gasteiger partial charge is 2.00 e. The van der Waals surface area contributed by atoms with Gasteiger partial charge in [-0.05, 0) is 96.5 Å². The third kappa shape index (κ3) is 7.00. The van der Waals surface area contributed by atoms with Gasteiger partial charge in [-0.25, -0.2) is 4.98 Å². The van der Waals surface area contributed by atoms with Crippen LogP contribution in [0.3, 0.4) is 0 Å². The summed E-state index contributed by atoms with van der Waals surface area (Å²) in [5.74, 6) is 2.52. The van der Waals surface area contributed by atoms with Gasteiger partial charge in [0, 0.05) is 34.5 Å². The normalized spacial score (nSPS) is 11.8. The summed E-state index contributed by atoms with van der Waals surface area (Å²) >= 11 is 0. The molecule has 3 aromatic heterocycles. The summed E-state index contributed by atoms with van der Waals surface area (Å²) in [5, 5.41) is 7.47. The molecule has 0 saturated heterocycles. The molecule has 0 aliphatic heterocycles. The van der Waals surface area contributed by atoms with Crippen molar-refractivity contribution in [1.82, 2.24) is 19.3 Å². The summed E-state index contributed by atoms with van der Waals surface area (Å²) in [4.78, 5) is 4.82. The topological polar surface area (TPSA) is 44.9 Å². The van der Waals surface area contributed by atoms with E-state index in [2.05, 4.69) is 156 Å². The molecule has 0 unspecified atom stereocenters. The Morgan fingerprint density at radius 1 is 0.808 bits per heavy atom. The molecule has 52 heavy (non-hydrogen) atoms. The van der Waals surface area contributed by atoms with Crippen molar-refractivity contribution in [3.8, 4) is 34.1 Å². The summed E-state index contributed by atoms with van der Waals surface area (Å²) in [6.07, 6.45) is 5.00. The summed E-state index contributed by atoms with van der Waals surface area (Å²) < 4.78 is 11.0. The number of benzene rings is 4. The molecule has 0 radical (unpaired) electrons. The van der Waals surface area contributed by atoms with Crippen molar-refractivity contribution in [2.24, 2.45) is 0 Å². The Morgan fingerprint density at radius 2 is 1.56 bits per heavy atom. The molecule has 7 aromatic rings. The van der Waals surface area contributed by atoms with E-state index >= 15 is 0 Å². The fraction of sp³-hybridized carbons (Fsp3) is 0.304. The molecule has 0 atom stereocenters. The van der Waals surface area contributed by atoms with E-state index in [1.807, 2.05) is 12.3 Å². The van der Waals surface area contributed by atoms with Crippen molar-refractivity contribution in [3.05, 3.63) is 131 Å². The number of aromatic nitrogens is 4. The van der Waals surface area contributed by atoms with E-state index < -0.39 is 0 Å². The quantitative estimate of drug-likeness (QED) is 0.136. The van der Waals surface area contributed by atoms with E-state index in [1.165, 1.54) is 33.5 Å². The van der Waals surface area contributed by atoms with E-state index in [9.17, 15) is 0 Å². The number of hydrogen-bond acceptors (Lipinski definition) is 3. The number of fused-ring (bicyclic) bond motifs is 3. The molecule has 3 heterocycles. The average Bonchev–Trinajstić information content (AvgIpc) is 3.60. The van der Waals surface area contributed by atoms with Crippen LogP contribution >= 0.6 is 0 Å². The predicted molar refractivity (Wildman–Crippen MR) is 211 cm³/mol. The minimum absolute atomic E-state index is 0. The van der Waals surface area contributed by atoms with Crippen LogP contribution in [0.2, 0.25) is 0 Å². The second kappa shape index (κ2) is 14.9. The van der Waals surface area contributed by atoms with Crippen LogP contribution in [-0.4, -0.2) is 19.3 Å². The van der Waals surface area contributed by atoms with E-state index in [1.54, 1.807) is 0 Å². The van der Waals surface area contributed by atoms with Gasteiger partial charge in [0.2, 0.25) is 0 Å². The molecule has 0 bridgehead atoms. The molecule has 0 aliphatic carbocycles. The van der Waals surface area contributed by atoms with Crippen LogP contribution in [0.4, 0.5) is 0 Å². The van der Waals surface area contributed by atoms with Crippen LogP contribution in [0.1, 0.15) is 93.9 Å². The van der Waals surface area contributed by atoms with Crippen LogP contribution in [0.15, 0.2) is 85.1 Å². The number of pyridine rings is 1. The second-order valence-corrected chi connectivity index (χ2v) is 15.2. The van der Waals surface area contributed by atoms with Gasteiger partial charge in [-0.15, -0.1) is 41.3 Å². The third-order valence-electron chi connectivity index (χ3n) is 10.0. The zero-order chi connectivity index (χ0) is 36.0. The first-order valence-electron chi connectivity index (χ1n) is 18.3. The van der Waals surface area contributed by atoms with Crippen molar-refractivity contribution in [3.63, 3.8) is 0 Å². The molecule has 0 saturated carbocycles. The van der Waals surface area contributed by atoms with Gasteiger partial charge in [-0.1, -0.05) is 89.9 Å². The Balaban J connectivity index is 0.00000464. The van der Waals surface area contributed by atoms with Gasteiger partial charge in [0.05, 0.1) is 5.69 Å². The number of rotatable bonds is 9. The fourth-order valence-electron chi connectivity index (χ4n) is 7.22. The van der Waals surface area contributed by atoms with E-state index in [-0.39, 0.29) is 26.5 Å². The Kier molecular flexibility index (Phi) is 10.7. The Bertz CT molecular complexity index is 2370. The zero-order valence-electron chi connectivity index (χ0n) is 31.8.